The predicted molar refractivity (Wildman–Crippen MR) is 83.0 cm³/mol. The minimum Gasteiger partial charge on any atom is -0.494 e. The van der Waals surface area contributed by atoms with Crippen molar-refractivity contribution in [2.75, 3.05) is 18.9 Å². The van der Waals surface area contributed by atoms with Crippen molar-refractivity contribution in [2.24, 2.45) is 5.41 Å². The molecule has 1 aromatic carbocycles. The van der Waals surface area contributed by atoms with Crippen LogP contribution in [0, 0.1) is 5.41 Å². The SMILES string of the molecule is CC1(C)CCC(OCCCOc2ccc(N)cc2)CC1. The van der Waals surface area contributed by atoms with E-state index in [1.165, 1.54) is 25.7 Å². The van der Waals surface area contributed by atoms with E-state index >= 15 is 0 Å². The standard InChI is InChI=1S/C17H27NO2/c1-17(2)10-8-16(9-11-17)20-13-3-12-19-15-6-4-14(18)5-7-15/h4-7,16H,3,8-13,18H2,1-2H3. The van der Waals surface area contributed by atoms with Crippen molar-refractivity contribution in [1.82, 2.24) is 0 Å². The van der Waals surface area contributed by atoms with Gasteiger partial charge in [0.25, 0.3) is 0 Å². The average Bonchev–Trinajstić information content (AvgIpc) is 2.42. The summed E-state index contributed by atoms with van der Waals surface area (Å²) in [5, 5.41) is 0. The van der Waals surface area contributed by atoms with Gasteiger partial charge in [0.05, 0.1) is 19.3 Å². The number of benzene rings is 1. The fourth-order valence-electron chi connectivity index (χ4n) is 2.60. The molecule has 1 aliphatic rings. The van der Waals surface area contributed by atoms with Crippen molar-refractivity contribution < 1.29 is 9.47 Å². The number of nitrogens with two attached hydrogens (primary N) is 1. The highest BCUT2D eigenvalue weighted by molar-refractivity contribution is 5.41. The van der Waals surface area contributed by atoms with Gasteiger partial charge in [0.2, 0.25) is 0 Å². The lowest BCUT2D eigenvalue weighted by Gasteiger charge is -2.34. The van der Waals surface area contributed by atoms with Crippen LogP contribution in [0.2, 0.25) is 0 Å². The number of nitrogen functional groups attached to an aromatic ring is 1. The second kappa shape index (κ2) is 6.98. The van der Waals surface area contributed by atoms with Crippen LogP contribution in [0.15, 0.2) is 24.3 Å². The molecule has 0 spiro atoms. The molecule has 3 heteroatoms. The second-order valence-electron chi connectivity index (χ2n) is 6.51. The van der Waals surface area contributed by atoms with Gasteiger partial charge in [-0.25, -0.2) is 0 Å². The predicted octanol–water partition coefficient (Wildman–Crippen LogP) is 4.02. The lowest BCUT2D eigenvalue weighted by Crippen LogP contribution is -2.26. The summed E-state index contributed by atoms with van der Waals surface area (Å²) in [5.74, 6) is 0.874. The molecular weight excluding hydrogens is 250 g/mol. The summed E-state index contributed by atoms with van der Waals surface area (Å²) >= 11 is 0. The minimum atomic E-state index is 0.458. The van der Waals surface area contributed by atoms with E-state index in [1.807, 2.05) is 24.3 Å². The molecule has 2 N–H and O–H groups in total. The van der Waals surface area contributed by atoms with E-state index in [9.17, 15) is 0 Å². The molecule has 1 fully saturated rings. The minimum absolute atomic E-state index is 0.458. The zero-order valence-electron chi connectivity index (χ0n) is 12.7. The van der Waals surface area contributed by atoms with E-state index in [0.29, 0.717) is 18.1 Å². The van der Waals surface area contributed by atoms with Crippen LogP contribution >= 0.6 is 0 Å². The zero-order chi connectivity index (χ0) is 14.4. The van der Waals surface area contributed by atoms with Crippen molar-refractivity contribution >= 4 is 5.69 Å². The highest BCUT2D eigenvalue weighted by Crippen LogP contribution is 2.36. The van der Waals surface area contributed by atoms with Gasteiger partial charge in [0.1, 0.15) is 5.75 Å². The van der Waals surface area contributed by atoms with Crippen LogP contribution in [0.5, 0.6) is 5.75 Å². The summed E-state index contributed by atoms with van der Waals surface area (Å²) in [7, 11) is 0. The molecule has 1 aliphatic carbocycles. The Morgan fingerprint density at radius 2 is 1.75 bits per heavy atom. The molecule has 1 saturated carbocycles. The number of hydrogen-bond donors (Lipinski definition) is 1. The number of rotatable bonds is 6. The number of ether oxygens (including phenoxy) is 2. The molecule has 3 nitrogen and oxygen atoms in total. The van der Waals surface area contributed by atoms with Crippen LogP contribution in [0.25, 0.3) is 0 Å². The van der Waals surface area contributed by atoms with Crippen LogP contribution in [-0.4, -0.2) is 19.3 Å². The summed E-state index contributed by atoms with van der Waals surface area (Å²) in [4.78, 5) is 0. The molecule has 2 rings (SSSR count). The third kappa shape index (κ3) is 5.04. The van der Waals surface area contributed by atoms with Crippen LogP contribution in [0.4, 0.5) is 5.69 Å². The van der Waals surface area contributed by atoms with Gasteiger partial charge in [-0.05, 0) is 55.4 Å². The summed E-state index contributed by atoms with van der Waals surface area (Å²) in [6.45, 7) is 6.19. The number of anilines is 1. The lowest BCUT2D eigenvalue weighted by atomic mass is 9.76. The molecule has 0 heterocycles. The van der Waals surface area contributed by atoms with Crippen molar-refractivity contribution in [3.8, 4) is 5.75 Å². The quantitative estimate of drug-likeness (QED) is 0.631. The Morgan fingerprint density at radius 1 is 1.10 bits per heavy atom. The maximum absolute atomic E-state index is 5.93. The summed E-state index contributed by atoms with van der Waals surface area (Å²) < 4.78 is 11.6. The Hall–Kier alpha value is -1.22. The first-order valence-corrected chi connectivity index (χ1v) is 7.65. The van der Waals surface area contributed by atoms with E-state index in [4.69, 9.17) is 15.2 Å². The Labute approximate surface area is 122 Å². The van der Waals surface area contributed by atoms with Crippen LogP contribution < -0.4 is 10.5 Å². The molecule has 0 unspecified atom stereocenters. The first kappa shape index (κ1) is 15.2. The maximum Gasteiger partial charge on any atom is 0.119 e. The monoisotopic (exact) mass is 277 g/mol. The Kier molecular flexibility index (Phi) is 5.30. The maximum atomic E-state index is 5.93. The van der Waals surface area contributed by atoms with E-state index in [1.54, 1.807) is 0 Å². The van der Waals surface area contributed by atoms with Crippen LogP contribution in [-0.2, 0) is 4.74 Å². The fraction of sp³-hybridized carbons (Fsp3) is 0.647. The van der Waals surface area contributed by atoms with Gasteiger partial charge in [-0.3, -0.25) is 0 Å². The molecule has 0 amide bonds. The molecule has 0 atom stereocenters. The smallest absolute Gasteiger partial charge is 0.119 e. The van der Waals surface area contributed by atoms with Crippen molar-refractivity contribution in [3.05, 3.63) is 24.3 Å². The highest BCUT2D eigenvalue weighted by Gasteiger charge is 2.26. The van der Waals surface area contributed by atoms with Gasteiger partial charge in [-0.1, -0.05) is 13.8 Å². The topological polar surface area (TPSA) is 44.5 Å². The Balaban J connectivity index is 1.55. The zero-order valence-corrected chi connectivity index (χ0v) is 12.7. The molecule has 0 saturated heterocycles. The summed E-state index contributed by atoms with van der Waals surface area (Å²) in [6, 6.07) is 7.52. The van der Waals surface area contributed by atoms with E-state index in [2.05, 4.69) is 13.8 Å². The fourth-order valence-corrected chi connectivity index (χ4v) is 2.60. The van der Waals surface area contributed by atoms with Crippen molar-refractivity contribution in [1.29, 1.82) is 0 Å². The molecule has 112 valence electrons. The third-order valence-electron chi connectivity index (χ3n) is 4.08. The van der Waals surface area contributed by atoms with Gasteiger partial charge >= 0.3 is 0 Å². The summed E-state index contributed by atoms with van der Waals surface area (Å²) in [5.41, 5.74) is 6.91. The first-order valence-electron chi connectivity index (χ1n) is 7.65. The molecule has 1 aromatic rings. The largest absolute Gasteiger partial charge is 0.494 e. The summed E-state index contributed by atoms with van der Waals surface area (Å²) in [6.07, 6.45) is 6.35. The molecule has 0 bridgehead atoms. The first-order chi connectivity index (χ1) is 9.55. The normalized spacial score (nSPS) is 18.9. The second-order valence-corrected chi connectivity index (χ2v) is 6.51. The van der Waals surface area contributed by atoms with E-state index < -0.39 is 0 Å². The van der Waals surface area contributed by atoms with Gasteiger partial charge in [0, 0.05) is 12.1 Å². The Bertz CT molecular complexity index is 390. The van der Waals surface area contributed by atoms with Crippen LogP contribution in [0.1, 0.15) is 46.0 Å². The number of hydrogen-bond acceptors (Lipinski definition) is 3. The van der Waals surface area contributed by atoms with Crippen molar-refractivity contribution in [2.45, 2.75) is 52.1 Å². The molecule has 20 heavy (non-hydrogen) atoms. The molecule has 0 aromatic heterocycles. The van der Waals surface area contributed by atoms with Gasteiger partial charge in [0.15, 0.2) is 0 Å². The van der Waals surface area contributed by atoms with Gasteiger partial charge < -0.3 is 15.2 Å². The molecule has 0 aliphatic heterocycles. The third-order valence-corrected chi connectivity index (χ3v) is 4.08. The average molecular weight is 277 g/mol. The lowest BCUT2D eigenvalue weighted by molar-refractivity contribution is 0.000112. The Morgan fingerprint density at radius 3 is 2.40 bits per heavy atom. The highest BCUT2D eigenvalue weighted by atomic mass is 16.5. The van der Waals surface area contributed by atoms with Crippen molar-refractivity contribution in [3.63, 3.8) is 0 Å². The van der Waals surface area contributed by atoms with Gasteiger partial charge in [-0.15, -0.1) is 0 Å². The molecular formula is C17H27NO2. The van der Waals surface area contributed by atoms with E-state index in [0.717, 1.165) is 24.5 Å². The van der Waals surface area contributed by atoms with Crippen LogP contribution in [0.3, 0.4) is 0 Å². The van der Waals surface area contributed by atoms with Gasteiger partial charge in [-0.2, -0.15) is 0 Å². The van der Waals surface area contributed by atoms with E-state index in [-0.39, 0.29) is 0 Å². The molecule has 0 radical (unpaired) electrons.